The van der Waals surface area contributed by atoms with E-state index in [1.54, 1.807) is 24.5 Å². The van der Waals surface area contributed by atoms with E-state index in [-0.39, 0.29) is 5.82 Å². The first kappa shape index (κ1) is 12.8. The lowest BCUT2D eigenvalue weighted by Crippen LogP contribution is -1.86. The van der Waals surface area contributed by atoms with Gasteiger partial charge in [0.1, 0.15) is 5.82 Å². The Bertz CT molecular complexity index is 1000. The topological polar surface area (TPSA) is 28.7 Å². The summed E-state index contributed by atoms with van der Waals surface area (Å²) in [6, 6.07) is 14.9. The highest BCUT2D eigenvalue weighted by molar-refractivity contribution is 6.08. The number of benzene rings is 2. The highest BCUT2D eigenvalue weighted by Crippen LogP contribution is 2.31. The fourth-order valence-corrected chi connectivity index (χ4v) is 2.81. The SMILES string of the molecule is C=C(c1ccncc1)c1cc2c(cc(F)c3ccccc32)[nH]1. The normalized spacial score (nSPS) is 11.1. The van der Waals surface area contributed by atoms with E-state index >= 15 is 0 Å². The molecule has 1 N–H and O–H groups in total. The predicted octanol–water partition coefficient (Wildman–Crippen LogP) is 4.92. The molecule has 0 aliphatic rings. The minimum absolute atomic E-state index is 0.217. The summed E-state index contributed by atoms with van der Waals surface area (Å²) in [5, 5.41) is 2.54. The van der Waals surface area contributed by atoms with E-state index < -0.39 is 0 Å². The average molecular weight is 288 g/mol. The zero-order chi connectivity index (χ0) is 15.1. The van der Waals surface area contributed by atoms with Crippen LogP contribution >= 0.6 is 0 Å². The van der Waals surface area contributed by atoms with Crippen molar-refractivity contribution in [2.45, 2.75) is 0 Å². The van der Waals surface area contributed by atoms with Crippen molar-refractivity contribution in [2.24, 2.45) is 0 Å². The van der Waals surface area contributed by atoms with Crippen molar-refractivity contribution in [3.63, 3.8) is 0 Å². The Hall–Kier alpha value is -2.94. The molecule has 0 radical (unpaired) electrons. The molecule has 2 nitrogen and oxygen atoms in total. The third kappa shape index (κ3) is 1.91. The van der Waals surface area contributed by atoms with Gasteiger partial charge in [0, 0.05) is 34.4 Å². The van der Waals surface area contributed by atoms with E-state index in [4.69, 9.17) is 0 Å². The van der Waals surface area contributed by atoms with Gasteiger partial charge in [0.2, 0.25) is 0 Å². The molecule has 22 heavy (non-hydrogen) atoms. The number of rotatable bonds is 2. The quantitative estimate of drug-likeness (QED) is 0.557. The molecule has 0 fully saturated rings. The summed E-state index contributed by atoms with van der Waals surface area (Å²) < 4.78 is 14.2. The number of pyridine rings is 1. The summed E-state index contributed by atoms with van der Waals surface area (Å²) in [5.41, 5.74) is 3.52. The zero-order valence-electron chi connectivity index (χ0n) is 11.8. The number of halogens is 1. The van der Waals surface area contributed by atoms with Crippen molar-refractivity contribution in [3.8, 4) is 0 Å². The first-order valence-corrected chi connectivity index (χ1v) is 7.04. The second-order valence-corrected chi connectivity index (χ2v) is 5.26. The summed E-state index contributed by atoms with van der Waals surface area (Å²) in [6.45, 7) is 4.14. The van der Waals surface area contributed by atoms with Crippen LogP contribution in [0.2, 0.25) is 0 Å². The highest BCUT2D eigenvalue weighted by Gasteiger charge is 2.11. The Kier molecular flexibility index (Phi) is 2.79. The minimum atomic E-state index is -0.217. The number of aromatic nitrogens is 2. The lowest BCUT2D eigenvalue weighted by Gasteiger charge is -2.02. The maximum Gasteiger partial charge on any atom is 0.133 e. The van der Waals surface area contributed by atoms with Gasteiger partial charge < -0.3 is 4.98 Å². The molecule has 0 aliphatic heterocycles. The summed E-state index contributed by atoms with van der Waals surface area (Å²) in [4.78, 5) is 7.28. The van der Waals surface area contributed by atoms with Crippen LogP contribution in [0.1, 0.15) is 11.3 Å². The number of nitrogens with zero attached hydrogens (tertiary/aromatic N) is 1. The van der Waals surface area contributed by atoms with Crippen molar-refractivity contribution in [1.82, 2.24) is 9.97 Å². The molecule has 4 aromatic rings. The molecule has 2 aromatic heterocycles. The van der Waals surface area contributed by atoms with Crippen LogP contribution in [0.4, 0.5) is 4.39 Å². The molecule has 0 spiro atoms. The van der Waals surface area contributed by atoms with E-state index in [0.29, 0.717) is 5.39 Å². The maximum absolute atomic E-state index is 14.2. The molecular formula is C19H13FN2. The maximum atomic E-state index is 14.2. The first-order valence-electron chi connectivity index (χ1n) is 7.04. The molecule has 0 saturated carbocycles. The van der Waals surface area contributed by atoms with Crippen LogP contribution in [0.15, 0.2) is 67.5 Å². The molecule has 0 amide bonds. The molecule has 3 heteroatoms. The van der Waals surface area contributed by atoms with Crippen LogP contribution in [-0.2, 0) is 0 Å². The third-order valence-corrected chi connectivity index (χ3v) is 3.95. The number of H-pyrrole nitrogens is 1. The van der Waals surface area contributed by atoms with Crippen molar-refractivity contribution < 1.29 is 4.39 Å². The molecule has 0 aliphatic carbocycles. The lowest BCUT2D eigenvalue weighted by molar-refractivity contribution is 0.641. The van der Waals surface area contributed by atoms with Gasteiger partial charge in [-0.25, -0.2) is 4.39 Å². The molecule has 0 atom stereocenters. The number of hydrogen-bond acceptors (Lipinski definition) is 1. The zero-order valence-corrected chi connectivity index (χ0v) is 11.8. The van der Waals surface area contributed by atoms with Crippen LogP contribution in [0.3, 0.4) is 0 Å². The Morgan fingerprint density at radius 2 is 1.68 bits per heavy atom. The standard InChI is InChI=1S/C19H13FN2/c1-12(13-6-8-21-9-7-13)18-10-16-14-4-2-3-5-15(14)17(20)11-19(16)22-18/h2-11,22H,1H2. The van der Waals surface area contributed by atoms with Gasteiger partial charge in [-0.15, -0.1) is 0 Å². The molecule has 106 valence electrons. The molecular weight excluding hydrogens is 275 g/mol. The van der Waals surface area contributed by atoms with Crippen molar-refractivity contribution in [2.75, 3.05) is 0 Å². The van der Waals surface area contributed by atoms with E-state index in [1.807, 2.05) is 36.4 Å². The number of fused-ring (bicyclic) bond motifs is 3. The van der Waals surface area contributed by atoms with Gasteiger partial charge in [-0.2, -0.15) is 0 Å². The fourth-order valence-electron chi connectivity index (χ4n) is 2.81. The lowest BCUT2D eigenvalue weighted by atomic mass is 10.0. The Labute approximate surface area is 126 Å². The Balaban J connectivity index is 1.95. The summed E-state index contributed by atoms with van der Waals surface area (Å²) in [6.07, 6.45) is 3.47. The van der Waals surface area contributed by atoms with Gasteiger partial charge in [-0.1, -0.05) is 30.8 Å². The van der Waals surface area contributed by atoms with Gasteiger partial charge >= 0.3 is 0 Å². The van der Waals surface area contributed by atoms with Crippen LogP contribution < -0.4 is 0 Å². The van der Waals surface area contributed by atoms with Gasteiger partial charge in [0.25, 0.3) is 0 Å². The van der Waals surface area contributed by atoms with Crippen LogP contribution in [0.5, 0.6) is 0 Å². The monoisotopic (exact) mass is 288 g/mol. The molecule has 2 aromatic carbocycles. The van der Waals surface area contributed by atoms with Crippen molar-refractivity contribution in [3.05, 3.63) is 84.6 Å². The number of hydrogen-bond donors (Lipinski definition) is 1. The summed E-state index contributed by atoms with van der Waals surface area (Å²) in [5.74, 6) is -0.217. The smallest absolute Gasteiger partial charge is 0.133 e. The average Bonchev–Trinajstić information content (AvgIpc) is 2.99. The largest absolute Gasteiger partial charge is 0.354 e. The summed E-state index contributed by atoms with van der Waals surface area (Å²) in [7, 11) is 0. The molecule has 4 rings (SSSR count). The third-order valence-electron chi connectivity index (χ3n) is 3.95. The highest BCUT2D eigenvalue weighted by atomic mass is 19.1. The van der Waals surface area contributed by atoms with E-state index in [1.165, 1.54) is 0 Å². The Morgan fingerprint density at radius 3 is 2.45 bits per heavy atom. The van der Waals surface area contributed by atoms with Crippen LogP contribution in [-0.4, -0.2) is 9.97 Å². The molecule has 0 unspecified atom stereocenters. The number of aromatic amines is 1. The minimum Gasteiger partial charge on any atom is -0.354 e. The predicted molar refractivity (Wildman–Crippen MR) is 88.1 cm³/mol. The fraction of sp³-hybridized carbons (Fsp3) is 0. The number of nitrogens with one attached hydrogen (secondary N) is 1. The van der Waals surface area contributed by atoms with E-state index in [0.717, 1.165) is 33.1 Å². The molecule has 0 saturated heterocycles. The molecule has 0 bridgehead atoms. The van der Waals surface area contributed by atoms with Crippen LogP contribution in [0.25, 0.3) is 27.2 Å². The van der Waals surface area contributed by atoms with E-state index in [9.17, 15) is 4.39 Å². The Morgan fingerprint density at radius 1 is 0.955 bits per heavy atom. The van der Waals surface area contributed by atoms with Gasteiger partial charge in [-0.3, -0.25) is 4.98 Å². The second kappa shape index (κ2) is 4.81. The van der Waals surface area contributed by atoms with Crippen LogP contribution in [0, 0.1) is 5.82 Å². The molecule has 2 heterocycles. The first-order chi connectivity index (χ1) is 10.7. The van der Waals surface area contributed by atoms with Gasteiger partial charge in [0.15, 0.2) is 0 Å². The van der Waals surface area contributed by atoms with Crippen molar-refractivity contribution in [1.29, 1.82) is 0 Å². The van der Waals surface area contributed by atoms with E-state index in [2.05, 4.69) is 16.5 Å². The van der Waals surface area contributed by atoms with Crippen molar-refractivity contribution >= 4 is 27.2 Å². The van der Waals surface area contributed by atoms with Gasteiger partial charge in [0.05, 0.1) is 0 Å². The van der Waals surface area contributed by atoms with Gasteiger partial charge in [-0.05, 0) is 40.8 Å². The summed E-state index contributed by atoms with van der Waals surface area (Å²) >= 11 is 0. The second-order valence-electron chi connectivity index (χ2n) is 5.26.